The maximum atomic E-state index is 12.7. The lowest BCUT2D eigenvalue weighted by molar-refractivity contribution is -0.113. The van der Waals surface area contributed by atoms with Crippen LogP contribution in [-0.4, -0.2) is 33.2 Å². The van der Waals surface area contributed by atoms with Crippen molar-refractivity contribution in [2.24, 2.45) is 0 Å². The summed E-state index contributed by atoms with van der Waals surface area (Å²) in [5.74, 6) is 0.387. The van der Waals surface area contributed by atoms with Crippen LogP contribution in [-0.2, 0) is 14.8 Å². The Hall–Kier alpha value is -2.22. The number of rotatable bonds is 3. The number of fused-ring (bicyclic) bond motifs is 1. The first kappa shape index (κ1) is 19.1. The molecule has 4 rings (SSSR count). The molecule has 0 atom stereocenters. The highest BCUT2D eigenvalue weighted by atomic mass is 35.5. The molecule has 0 spiro atoms. The summed E-state index contributed by atoms with van der Waals surface area (Å²) in [7, 11) is -3.32. The number of hydrogen-bond donors (Lipinski definition) is 1. The number of halogens is 2. The maximum Gasteiger partial charge on any atom is 0.255 e. The summed E-state index contributed by atoms with van der Waals surface area (Å²) >= 11 is 12.2. The number of carbonyl (C=O) groups is 1. The molecule has 2 aromatic carbocycles. The van der Waals surface area contributed by atoms with Crippen molar-refractivity contribution in [3.63, 3.8) is 0 Å². The van der Waals surface area contributed by atoms with Gasteiger partial charge in [0.15, 0.2) is 0 Å². The van der Waals surface area contributed by atoms with Gasteiger partial charge in [0.25, 0.3) is 5.91 Å². The normalized spacial score (nSPS) is 17.5. The van der Waals surface area contributed by atoms with Crippen LogP contribution in [0.3, 0.4) is 0 Å². The summed E-state index contributed by atoms with van der Waals surface area (Å²) < 4.78 is 31.2. The highest BCUT2D eigenvalue weighted by molar-refractivity contribution is 7.93. The Morgan fingerprint density at radius 2 is 1.96 bits per heavy atom. The van der Waals surface area contributed by atoms with Crippen LogP contribution in [0.4, 0.5) is 11.4 Å². The largest absolute Gasteiger partial charge is 0.488 e. The molecule has 1 saturated heterocycles. The number of benzene rings is 2. The lowest BCUT2D eigenvalue weighted by atomic mass is 10.1. The standard InChI is InChI=1S/C19H16Cl2N2O4S/c20-14-2-5-18-12(9-14)8-13(11-27-18)19(24)22-17-10-15(3-4-16(17)21)23-6-1-7-28(23,25)26/h2-5,8-10H,1,6-7,11H2,(H,22,24). The Labute approximate surface area is 172 Å². The average Bonchev–Trinajstić information content (AvgIpc) is 3.02. The molecule has 1 fully saturated rings. The molecule has 1 N–H and O–H groups in total. The van der Waals surface area contributed by atoms with Crippen LogP contribution in [0.2, 0.25) is 10.0 Å². The first-order valence-electron chi connectivity index (χ1n) is 8.58. The number of amides is 1. The number of sulfonamides is 1. The minimum Gasteiger partial charge on any atom is -0.488 e. The summed E-state index contributed by atoms with van der Waals surface area (Å²) in [6.07, 6.45) is 2.28. The minimum absolute atomic E-state index is 0.109. The Balaban J connectivity index is 1.59. The van der Waals surface area contributed by atoms with Gasteiger partial charge in [-0.05, 0) is 48.9 Å². The molecule has 9 heteroatoms. The smallest absolute Gasteiger partial charge is 0.255 e. The van der Waals surface area contributed by atoms with E-state index in [-0.39, 0.29) is 18.3 Å². The van der Waals surface area contributed by atoms with E-state index in [0.29, 0.717) is 51.3 Å². The molecule has 2 aliphatic rings. The van der Waals surface area contributed by atoms with Crippen LogP contribution in [0.15, 0.2) is 42.0 Å². The van der Waals surface area contributed by atoms with Gasteiger partial charge in [0.05, 0.1) is 27.7 Å². The maximum absolute atomic E-state index is 12.7. The van der Waals surface area contributed by atoms with Gasteiger partial charge in [0, 0.05) is 17.1 Å². The van der Waals surface area contributed by atoms with E-state index in [0.717, 1.165) is 0 Å². The fourth-order valence-electron chi connectivity index (χ4n) is 3.18. The average molecular weight is 439 g/mol. The predicted molar refractivity (Wildman–Crippen MR) is 111 cm³/mol. The lowest BCUT2D eigenvalue weighted by Gasteiger charge is -2.20. The topological polar surface area (TPSA) is 75.7 Å². The summed E-state index contributed by atoms with van der Waals surface area (Å²) in [4.78, 5) is 12.7. The van der Waals surface area contributed by atoms with E-state index in [1.54, 1.807) is 42.5 Å². The zero-order valence-corrected chi connectivity index (χ0v) is 16.9. The van der Waals surface area contributed by atoms with Gasteiger partial charge in [0.1, 0.15) is 12.4 Å². The van der Waals surface area contributed by atoms with Gasteiger partial charge in [-0.25, -0.2) is 8.42 Å². The van der Waals surface area contributed by atoms with Crippen LogP contribution in [0.25, 0.3) is 6.08 Å². The molecule has 0 saturated carbocycles. The monoisotopic (exact) mass is 438 g/mol. The van der Waals surface area contributed by atoms with Crippen molar-refractivity contribution >= 4 is 56.6 Å². The molecule has 0 bridgehead atoms. The highest BCUT2D eigenvalue weighted by Gasteiger charge is 2.29. The molecule has 0 radical (unpaired) electrons. The molecular weight excluding hydrogens is 423 g/mol. The van der Waals surface area contributed by atoms with E-state index in [1.165, 1.54) is 4.31 Å². The van der Waals surface area contributed by atoms with Crippen molar-refractivity contribution in [1.29, 1.82) is 0 Å². The molecule has 0 unspecified atom stereocenters. The Kier molecular flexibility index (Phi) is 4.99. The van der Waals surface area contributed by atoms with Gasteiger partial charge < -0.3 is 10.1 Å². The summed E-state index contributed by atoms with van der Waals surface area (Å²) in [6, 6.07) is 9.95. The van der Waals surface area contributed by atoms with Crippen LogP contribution in [0.1, 0.15) is 12.0 Å². The molecule has 0 aliphatic carbocycles. The zero-order chi connectivity index (χ0) is 19.9. The Morgan fingerprint density at radius 3 is 2.71 bits per heavy atom. The van der Waals surface area contributed by atoms with Crippen LogP contribution < -0.4 is 14.4 Å². The molecule has 2 heterocycles. The fourth-order valence-corrected chi connectivity index (χ4v) is 5.08. The van der Waals surface area contributed by atoms with E-state index in [4.69, 9.17) is 27.9 Å². The summed E-state index contributed by atoms with van der Waals surface area (Å²) in [5, 5.41) is 3.60. The number of anilines is 2. The molecule has 28 heavy (non-hydrogen) atoms. The second-order valence-corrected chi connectivity index (χ2v) is 9.36. The van der Waals surface area contributed by atoms with Crippen molar-refractivity contribution in [3.8, 4) is 5.75 Å². The first-order chi connectivity index (χ1) is 13.3. The van der Waals surface area contributed by atoms with Crippen molar-refractivity contribution < 1.29 is 17.9 Å². The van der Waals surface area contributed by atoms with Crippen molar-refractivity contribution in [2.75, 3.05) is 28.5 Å². The molecule has 0 aromatic heterocycles. The minimum atomic E-state index is -3.32. The van der Waals surface area contributed by atoms with E-state index in [2.05, 4.69) is 5.32 Å². The van der Waals surface area contributed by atoms with E-state index in [1.807, 2.05) is 0 Å². The predicted octanol–water partition coefficient (Wildman–Crippen LogP) is 3.95. The van der Waals surface area contributed by atoms with Crippen LogP contribution in [0.5, 0.6) is 5.75 Å². The van der Waals surface area contributed by atoms with Crippen LogP contribution in [0, 0.1) is 0 Å². The van der Waals surface area contributed by atoms with E-state index in [9.17, 15) is 13.2 Å². The number of ether oxygens (including phenoxy) is 1. The van der Waals surface area contributed by atoms with Crippen molar-refractivity contribution in [1.82, 2.24) is 0 Å². The van der Waals surface area contributed by atoms with E-state index >= 15 is 0 Å². The third-order valence-electron chi connectivity index (χ3n) is 4.56. The van der Waals surface area contributed by atoms with Gasteiger partial charge in [-0.2, -0.15) is 0 Å². The van der Waals surface area contributed by atoms with Gasteiger partial charge in [-0.1, -0.05) is 23.2 Å². The van der Waals surface area contributed by atoms with Crippen molar-refractivity contribution in [3.05, 3.63) is 57.6 Å². The molecule has 2 aromatic rings. The molecule has 2 aliphatic heterocycles. The molecule has 1 amide bonds. The lowest BCUT2D eigenvalue weighted by Crippen LogP contribution is -2.25. The van der Waals surface area contributed by atoms with Gasteiger partial charge in [-0.3, -0.25) is 9.10 Å². The number of nitrogens with one attached hydrogen (secondary N) is 1. The molecular formula is C19H16Cl2N2O4S. The first-order valence-corrected chi connectivity index (χ1v) is 10.9. The number of carbonyl (C=O) groups excluding carboxylic acids is 1. The zero-order valence-electron chi connectivity index (χ0n) is 14.6. The number of hydrogen-bond acceptors (Lipinski definition) is 4. The van der Waals surface area contributed by atoms with Gasteiger partial charge >= 0.3 is 0 Å². The summed E-state index contributed by atoms with van der Waals surface area (Å²) in [6.45, 7) is 0.520. The quantitative estimate of drug-likeness (QED) is 0.786. The molecule has 146 valence electrons. The second-order valence-electron chi connectivity index (χ2n) is 6.50. The van der Waals surface area contributed by atoms with E-state index < -0.39 is 10.0 Å². The highest BCUT2D eigenvalue weighted by Crippen LogP contribution is 2.33. The molecule has 6 nitrogen and oxygen atoms in total. The van der Waals surface area contributed by atoms with Crippen LogP contribution >= 0.6 is 23.2 Å². The Bertz CT molecular complexity index is 1100. The fraction of sp³-hybridized carbons (Fsp3) is 0.211. The van der Waals surface area contributed by atoms with Crippen molar-refractivity contribution in [2.45, 2.75) is 6.42 Å². The number of nitrogens with zero attached hydrogens (tertiary/aromatic N) is 1. The van der Waals surface area contributed by atoms with Gasteiger partial charge in [0.2, 0.25) is 10.0 Å². The SMILES string of the molecule is O=C(Nc1cc(N2CCCS2(=O)=O)ccc1Cl)C1=Cc2cc(Cl)ccc2OC1. The van der Waals surface area contributed by atoms with Gasteiger partial charge in [-0.15, -0.1) is 0 Å². The third-order valence-corrected chi connectivity index (χ3v) is 7.00. The summed E-state index contributed by atoms with van der Waals surface area (Å²) in [5.41, 5.74) is 1.93. The second kappa shape index (κ2) is 7.31. The third kappa shape index (κ3) is 3.70. The Morgan fingerprint density at radius 1 is 1.14 bits per heavy atom.